The van der Waals surface area contributed by atoms with Crippen LogP contribution in [-0.4, -0.2) is 9.97 Å². The van der Waals surface area contributed by atoms with Crippen molar-refractivity contribution >= 4 is 17.2 Å². The molecule has 0 saturated carbocycles. The molecule has 90 valence electrons. The van der Waals surface area contributed by atoms with E-state index in [0.717, 1.165) is 29.1 Å². The van der Waals surface area contributed by atoms with E-state index in [4.69, 9.17) is 5.84 Å². The Morgan fingerprint density at radius 3 is 2.59 bits per heavy atom. The highest BCUT2D eigenvalue weighted by Gasteiger charge is 2.12. The number of nitrogens with one attached hydrogen (secondary N) is 1. The molecule has 0 aliphatic rings. The van der Waals surface area contributed by atoms with Gasteiger partial charge in [-0.15, -0.1) is 0 Å². The minimum atomic E-state index is 0.706. The van der Waals surface area contributed by atoms with Gasteiger partial charge in [0.1, 0.15) is 5.82 Å². The van der Waals surface area contributed by atoms with Gasteiger partial charge in [0.25, 0.3) is 0 Å². The second-order valence-electron chi connectivity index (χ2n) is 3.93. The molecule has 5 heteroatoms. The molecular formula is C12H16N4S. The minimum Gasteiger partial charge on any atom is -0.308 e. The van der Waals surface area contributed by atoms with Crippen LogP contribution in [-0.2, 0) is 6.42 Å². The molecule has 0 saturated heterocycles. The Hall–Kier alpha value is -1.46. The molecule has 0 fully saturated rings. The zero-order valence-electron chi connectivity index (χ0n) is 10.2. The van der Waals surface area contributed by atoms with Gasteiger partial charge >= 0.3 is 0 Å². The maximum Gasteiger partial charge on any atom is 0.162 e. The summed E-state index contributed by atoms with van der Waals surface area (Å²) in [4.78, 5) is 9.06. The fraction of sp³-hybridized carbons (Fsp3) is 0.333. The summed E-state index contributed by atoms with van der Waals surface area (Å²) < 4.78 is 0. The van der Waals surface area contributed by atoms with Gasteiger partial charge < -0.3 is 5.43 Å². The van der Waals surface area contributed by atoms with Crippen molar-refractivity contribution in [2.24, 2.45) is 5.84 Å². The molecular weight excluding hydrogens is 232 g/mol. The maximum atomic E-state index is 5.50. The summed E-state index contributed by atoms with van der Waals surface area (Å²) in [5.41, 5.74) is 6.98. The number of hydrogen-bond acceptors (Lipinski definition) is 5. The van der Waals surface area contributed by atoms with E-state index in [1.165, 1.54) is 5.56 Å². The number of rotatable bonds is 3. The van der Waals surface area contributed by atoms with Crippen molar-refractivity contribution in [1.82, 2.24) is 9.97 Å². The van der Waals surface area contributed by atoms with E-state index in [0.29, 0.717) is 5.82 Å². The van der Waals surface area contributed by atoms with Gasteiger partial charge in [-0.1, -0.05) is 6.92 Å². The summed E-state index contributed by atoms with van der Waals surface area (Å²) in [5, 5.41) is 4.17. The zero-order valence-corrected chi connectivity index (χ0v) is 11.1. The van der Waals surface area contributed by atoms with Crippen LogP contribution in [0.15, 0.2) is 10.8 Å². The first-order valence-electron chi connectivity index (χ1n) is 5.54. The predicted molar refractivity (Wildman–Crippen MR) is 72.0 cm³/mol. The molecule has 17 heavy (non-hydrogen) atoms. The summed E-state index contributed by atoms with van der Waals surface area (Å²) in [6.07, 6.45) is 0.874. The Kier molecular flexibility index (Phi) is 3.40. The molecule has 0 unspecified atom stereocenters. The van der Waals surface area contributed by atoms with Crippen molar-refractivity contribution in [2.45, 2.75) is 27.2 Å². The second-order valence-corrected chi connectivity index (χ2v) is 4.68. The van der Waals surface area contributed by atoms with Crippen molar-refractivity contribution in [2.75, 3.05) is 5.43 Å². The normalized spacial score (nSPS) is 10.6. The molecule has 0 radical (unpaired) electrons. The average Bonchev–Trinajstić information content (AvgIpc) is 2.76. The van der Waals surface area contributed by atoms with E-state index in [1.54, 1.807) is 11.3 Å². The first-order valence-corrected chi connectivity index (χ1v) is 6.49. The predicted octanol–water partition coefficient (Wildman–Crippen LogP) is 2.67. The molecule has 0 amide bonds. The highest BCUT2D eigenvalue weighted by atomic mass is 32.1. The lowest BCUT2D eigenvalue weighted by Gasteiger charge is -2.10. The summed E-state index contributed by atoms with van der Waals surface area (Å²) in [7, 11) is 0. The van der Waals surface area contributed by atoms with Gasteiger partial charge in [-0.3, -0.25) is 0 Å². The monoisotopic (exact) mass is 248 g/mol. The van der Waals surface area contributed by atoms with E-state index < -0.39 is 0 Å². The number of thiophene rings is 1. The van der Waals surface area contributed by atoms with Crippen molar-refractivity contribution in [1.29, 1.82) is 0 Å². The molecule has 2 rings (SSSR count). The van der Waals surface area contributed by atoms with E-state index in [9.17, 15) is 0 Å². The molecule has 0 spiro atoms. The fourth-order valence-electron chi connectivity index (χ4n) is 1.76. The van der Waals surface area contributed by atoms with E-state index in [-0.39, 0.29) is 0 Å². The third-order valence-electron chi connectivity index (χ3n) is 2.81. The van der Waals surface area contributed by atoms with Crippen LogP contribution in [0.4, 0.5) is 5.82 Å². The fourth-order valence-corrected chi connectivity index (χ4v) is 2.58. The minimum absolute atomic E-state index is 0.706. The van der Waals surface area contributed by atoms with E-state index in [2.05, 4.69) is 40.0 Å². The first kappa shape index (κ1) is 12.0. The van der Waals surface area contributed by atoms with Crippen LogP contribution in [0, 0.1) is 13.8 Å². The van der Waals surface area contributed by atoms with E-state index in [1.807, 2.05) is 6.92 Å². The summed E-state index contributed by atoms with van der Waals surface area (Å²) in [6, 6.07) is 0. The third-order valence-corrected chi connectivity index (χ3v) is 3.68. The molecule has 2 aromatic rings. The van der Waals surface area contributed by atoms with Crippen molar-refractivity contribution < 1.29 is 0 Å². The standard InChI is InChI=1S/C12H16N4S/c1-4-10-8(3)11(16-13)15-12(14-10)9-6-17-5-7(9)2/h5-6H,4,13H2,1-3H3,(H,14,15,16). The molecule has 0 atom stereocenters. The SMILES string of the molecule is CCc1nc(-c2cscc2C)nc(NN)c1C. The highest BCUT2D eigenvalue weighted by Crippen LogP contribution is 2.26. The number of nitrogens with two attached hydrogens (primary N) is 1. The van der Waals surface area contributed by atoms with Gasteiger partial charge in [0.2, 0.25) is 0 Å². The largest absolute Gasteiger partial charge is 0.308 e. The molecule has 2 heterocycles. The zero-order chi connectivity index (χ0) is 12.4. The van der Waals surface area contributed by atoms with Crippen LogP contribution in [0.1, 0.15) is 23.7 Å². The molecule has 4 nitrogen and oxygen atoms in total. The lowest BCUT2D eigenvalue weighted by Crippen LogP contribution is -2.13. The summed E-state index contributed by atoms with van der Waals surface area (Å²) >= 11 is 1.66. The number of aryl methyl sites for hydroxylation is 2. The molecule has 0 bridgehead atoms. The molecule has 0 aromatic carbocycles. The highest BCUT2D eigenvalue weighted by molar-refractivity contribution is 7.08. The van der Waals surface area contributed by atoms with Crippen molar-refractivity contribution in [3.63, 3.8) is 0 Å². The maximum absolute atomic E-state index is 5.50. The first-order chi connectivity index (χ1) is 8.17. The number of anilines is 1. The van der Waals surface area contributed by atoms with E-state index >= 15 is 0 Å². The van der Waals surface area contributed by atoms with Crippen LogP contribution < -0.4 is 11.3 Å². The molecule has 0 aliphatic heterocycles. The summed E-state index contributed by atoms with van der Waals surface area (Å²) in [5.74, 6) is 6.95. The van der Waals surface area contributed by atoms with Crippen LogP contribution >= 0.6 is 11.3 Å². The Bertz CT molecular complexity index is 508. The Morgan fingerprint density at radius 1 is 1.29 bits per heavy atom. The Morgan fingerprint density at radius 2 is 2.06 bits per heavy atom. The number of nitrogen functional groups attached to an aromatic ring is 1. The van der Waals surface area contributed by atoms with Gasteiger partial charge in [-0.05, 0) is 31.2 Å². The smallest absolute Gasteiger partial charge is 0.162 e. The number of nitrogens with zero attached hydrogens (tertiary/aromatic N) is 2. The molecule has 2 aromatic heterocycles. The Balaban J connectivity index is 2.60. The number of aromatic nitrogens is 2. The quantitative estimate of drug-likeness (QED) is 0.647. The number of hydrogen-bond donors (Lipinski definition) is 2. The number of hydrazine groups is 1. The topological polar surface area (TPSA) is 63.8 Å². The van der Waals surface area contributed by atoms with Gasteiger partial charge in [0.05, 0.1) is 0 Å². The summed E-state index contributed by atoms with van der Waals surface area (Å²) in [6.45, 7) is 6.13. The van der Waals surface area contributed by atoms with Crippen molar-refractivity contribution in [3.8, 4) is 11.4 Å². The van der Waals surface area contributed by atoms with Crippen LogP contribution in [0.2, 0.25) is 0 Å². The second kappa shape index (κ2) is 4.81. The average molecular weight is 248 g/mol. The molecule has 3 N–H and O–H groups in total. The van der Waals surface area contributed by atoms with Gasteiger partial charge in [0, 0.05) is 22.2 Å². The molecule has 0 aliphatic carbocycles. The van der Waals surface area contributed by atoms with Gasteiger partial charge in [-0.2, -0.15) is 11.3 Å². The lowest BCUT2D eigenvalue weighted by atomic mass is 10.1. The van der Waals surface area contributed by atoms with Crippen molar-refractivity contribution in [3.05, 3.63) is 27.6 Å². The lowest BCUT2D eigenvalue weighted by molar-refractivity contribution is 0.973. The van der Waals surface area contributed by atoms with Crippen LogP contribution in [0.25, 0.3) is 11.4 Å². The van der Waals surface area contributed by atoms with Gasteiger partial charge in [0.15, 0.2) is 5.82 Å². The third kappa shape index (κ3) is 2.16. The van der Waals surface area contributed by atoms with Crippen LogP contribution in [0.3, 0.4) is 0 Å². The van der Waals surface area contributed by atoms with Gasteiger partial charge in [-0.25, -0.2) is 15.8 Å². The Labute approximate surface area is 105 Å². The van der Waals surface area contributed by atoms with Crippen LogP contribution in [0.5, 0.6) is 0 Å².